The van der Waals surface area contributed by atoms with Gasteiger partial charge in [0.25, 0.3) is 11.5 Å². The van der Waals surface area contributed by atoms with Crippen LogP contribution in [0.5, 0.6) is 0 Å². The third-order valence-corrected chi connectivity index (χ3v) is 6.29. The lowest BCUT2D eigenvalue weighted by molar-refractivity contribution is 0.0737. The molecule has 0 N–H and O–H groups in total. The van der Waals surface area contributed by atoms with Crippen molar-refractivity contribution in [3.63, 3.8) is 0 Å². The molecule has 0 aromatic carbocycles. The number of hydrogen-bond acceptors (Lipinski definition) is 4. The maximum atomic E-state index is 12.9. The monoisotopic (exact) mass is 343 g/mol. The third-order valence-electron chi connectivity index (χ3n) is 5.06. The van der Waals surface area contributed by atoms with Gasteiger partial charge in [-0.05, 0) is 36.8 Å². The highest BCUT2D eigenvalue weighted by Crippen LogP contribution is 2.33. The Labute approximate surface area is 144 Å². The first-order valence-corrected chi connectivity index (χ1v) is 9.30. The Hall–Kier alpha value is -1.95. The van der Waals surface area contributed by atoms with Gasteiger partial charge in [-0.1, -0.05) is 6.92 Å². The molecule has 0 spiro atoms. The summed E-state index contributed by atoms with van der Waals surface area (Å²) in [5.41, 5.74) is 3.05. The molecule has 4 rings (SSSR count). The van der Waals surface area contributed by atoms with Gasteiger partial charge in [0.2, 0.25) is 0 Å². The summed E-state index contributed by atoms with van der Waals surface area (Å²) in [6.07, 6.45) is 4.10. The molecule has 1 aliphatic carbocycles. The zero-order chi connectivity index (χ0) is 16.8. The van der Waals surface area contributed by atoms with Crippen LogP contribution >= 0.6 is 11.3 Å². The van der Waals surface area contributed by atoms with E-state index in [2.05, 4.69) is 18.1 Å². The maximum Gasteiger partial charge on any atom is 0.266 e. The second kappa shape index (κ2) is 5.84. The summed E-state index contributed by atoms with van der Waals surface area (Å²) in [6.45, 7) is 3.42. The predicted molar refractivity (Wildman–Crippen MR) is 93.4 cm³/mol. The molecular weight excluding hydrogens is 322 g/mol. The van der Waals surface area contributed by atoms with E-state index in [1.807, 2.05) is 4.90 Å². The molecule has 2 aliphatic rings. The zero-order valence-corrected chi connectivity index (χ0v) is 14.9. The van der Waals surface area contributed by atoms with Crippen LogP contribution in [0.3, 0.4) is 0 Å². The van der Waals surface area contributed by atoms with Crippen molar-refractivity contribution in [1.29, 1.82) is 0 Å². The molecule has 0 saturated carbocycles. The first-order valence-electron chi connectivity index (χ1n) is 8.48. The van der Waals surface area contributed by atoms with E-state index in [0.29, 0.717) is 25.4 Å². The molecule has 6 heteroatoms. The van der Waals surface area contributed by atoms with E-state index in [0.717, 1.165) is 29.0 Å². The fourth-order valence-electron chi connectivity index (χ4n) is 3.63. The van der Waals surface area contributed by atoms with Gasteiger partial charge in [0.05, 0.1) is 10.6 Å². The van der Waals surface area contributed by atoms with Gasteiger partial charge in [-0.2, -0.15) is 5.10 Å². The van der Waals surface area contributed by atoms with Crippen molar-refractivity contribution in [1.82, 2.24) is 14.7 Å². The second-order valence-electron chi connectivity index (χ2n) is 6.96. The highest BCUT2D eigenvalue weighted by molar-refractivity contribution is 7.14. The minimum absolute atomic E-state index is 0.0911. The summed E-state index contributed by atoms with van der Waals surface area (Å²) in [5, 5.41) is 4.31. The molecule has 1 aliphatic heterocycles. The fraction of sp³-hybridized carbons (Fsp3) is 0.500. The van der Waals surface area contributed by atoms with Crippen molar-refractivity contribution < 1.29 is 4.79 Å². The van der Waals surface area contributed by atoms with E-state index in [4.69, 9.17) is 0 Å². The minimum atomic E-state index is -0.122. The second-order valence-corrected chi connectivity index (χ2v) is 8.10. The lowest BCUT2D eigenvalue weighted by Gasteiger charge is -2.27. The molecule has 0 unspecified atom stereocenters. The van der Waals surface area contributed by atoms with E-state index in [9.17, 15) is 9.59 Å². The Morgan fingerprint density at radius 1 is 1.29 bits per heavy atom. The van der Waals surface area contributed by atoms with E-state index in [1.165, 1.54) is 21.5 Å². The summed E-state index contributed by atoms with van der Waals surface area (Å²) in [7, 11) is 1.66. The van der Waals surface area contributed by atoms with Crippen LogP contribution in [0.25, 0.3) is 0 Å². The lowest BCUT2D eigenvalue weighted by atomic mass is 9.90. The highest BCUT2D eigenvalue weighted by Gasteiger charge is 2.26. The summed E-state index contributed by atoms with van der Waals surface area (Å²) < 4.78 is 1.37. The molecule has 2 aromatic heterocycles. The third kappa shape index (κ3) is 2.69. The van der Waals surface area contributed by atoms with Gasteiger partial charge in [0.15, 0.2) is 0 Å². The molecule has 1 atom stereocenters. The van der Waals surface area contributed by atoms with Crippen molar-refractivity contribution in [2.45, 2.75) is 39.2 Å². The fourth-order valence-corrected chi connectivity index (χ4v) is 4.81. The summed E-state index contributed by atoms with van der Waals surface area (Å²) >= 11 is 1.65. The van der Waals surface area contributed by atoms with Gasteiger partial charge in [-0.3, -0.25) is 9.59 Å². The van der Waals surface area contributed by atoms with Gasteiger partial charge in [-0.15, -0.1) is 11.3 Å². The maximum absolute atomic E-state index is 12.9. The van der Waals surface area contributed by atoms with E-state index >= 15 is 0 Å². The quantitative estimate of drug-likeness (QED) is 0.797. The molecule has 3 heterocycles. The molecule has 0 radical (unpaired) electrons. The van der Waals surface area contributed by atoms with Gasteiger partial charge >= 0.3 is 0 Å². The molecule has 0 bridgehead atoms. The topological polar surface area (TPSA) is 55.2 Å². The van der Waals surface area contributed by atoms with Crippen molar-refractivity contribution in [3.05, 3.63) is 49.1 Å². The number of rotatable bonds is 1. The van der Waals surface area contributed by atoms with Crippen LogP contribution in [0.1, 0.15) is 44.7 Å². The van der Waals surface area contributed by atoms with Gasteiger partial charge in [-0.25, -0.2) is 4.68 Å². The molecule has 5 nitrogen and oxygen atoms in total. The standard InChI is InChI=1S/C18H21N3O2S/c1-11-3-4-15-12(7-11)8-16(24-15)18(23)21-6-5-14-13(10-21)9-17(22)20(2)19-14/h8-9,11H,3-7,10H2,1-2H3/t11-/m0/s1. The molecule has 0 fully saturated rings. The predicted octanol–water partition coefficient (Wildman–Crippen LogP) is 2.17. The number of hydrogen-bond donors (Lipinski definition) is 0. The van der Waals surface area contributed by atoms with E-state index in [-0.39, 0.29) is 11.5 Å². The van der Waals surface area contributed by atoms with Crippen LogP contribution in [0.4, 0.5) is 0 Å². The molecule has 24 heavy (non-hydrogen) atoms. The number of fused-ring (bicyclic) bond motifs is 2. The van der Waals surface area contributed by atoms with Crippen molar-refractivity contribution in [2.75, 3.05) is 6.54 Å². The Bertz CT molecular complexity index is 868. The largest absolute Gasteiger partial charge is 0.333 e. The minimum Gasteiger partial charge on any atom is -0.333 e. The van der Waals surface area contributed by atoms with Crippen LogP contribution in [0, 0.1) is 5.92 Å². The molecular formula is C18H21N3O2S. The number of aryl methyl sites for hydroxylation is 2. The van der Waals surface area contributed by atoms with Crippen molar-refractivity contribution >= 4 is 17.2 Å². The molecule has 126 valence electrons. The normalized spacial score (nSPS) is 19.8. The van der Waals surface area contributed by atoms with E-state index < -0.39 is 0 Å². The lowest BCUT2D eigenvalue weighted by Crippen LogP contribution is -2.38. The number of amides is 1. The van der Waals surface area contributed by atoms with Crippen LogP contribution < -0.4 is 5.56 Å². The Morgan fingerprint density at radius 2 is 2.12 bits per heavy atom. The molecule has 0 saturated heterocycles. The van der Waals surface area contributed by atoms with Crippen LogP contribution in [-0.4, -0.2) is 27.1 Å². The van der Waals surface area contributed by atoms with Gasteiger partial charge < -0.3 is 4.90 Å². The number of thiophene rings is 1. The summed E-state index contributed by atoms with van der Waals surface area (Å²) in [6, 6.07) is 3.71. The highest BCUT2D eigenvalue weighted by atomic mass is 32.1. The average molecular weight is 343 g/mol. The summed E-state index contributed by atoms with van der Waals surface area (Å²) in [4.78, 5) is 28.8. The number of nitrogens with zero attached hydrogens (tertiary/aromatic N) is 3. The molecule has 1 amide bonds. The average Bonchev–Trinajstić information content (AvgIpc) is 2.98. The van der Waals surface area contributed by atoms with Crippen molar-refractivity contribution in [3.8, 4) is 0 Å². The first kappa shape index (κ1) is 15.6. The first-order chi connectivity index (χ1) is 11.5. The van der Waals surface area contributed by atoms with Crippen LogP contribution in [0.2, 0.25) is 0 Å². The number of aromatic nitrogens is 2. The zero-order valence-electron chi connectivity index (χ0n) is 14.0. The molecule has 2 aromatic rings. The summed E-state index contributed by atoms with van der Waals surface area (Å²) in [5.74, 6) is 0.799. The Balaban J connectivity index is 1.57. The number of carbonyl (C=O) groups excluding carboxylic acids is 1. The Kier molecular flexibility index (Phi) is 3.79. The van der Waals surface area contributed by atoms with Gasteiger partial charge in [0, 0.05) is 43.1 Å². The Morgan fingerprint density at radius 3 is 2.96 bits per heavy atom. The van der Waals surface area contributed by atoms with Gasteiger partial charge in [0.1, 0.15) is 0 Å². The van der Waals surface area contributed by atoms with Crippen LogP contribution in [-0.2, 0) is 32.9 Å². The SMILES string of the molecule is C[C@H]1CCc2sc(C(=O)N3CCc4nn(C)c(=O)cc4C3)cc2C1. The smallest absolute Gasteiger partial charge is 0.266 e. The van der Waals surface area contributed by atoms with Crippen molar-refractivity contribution in [2.24, 2.45) is 13.0 Å². The van der Waals surface area contributed by atoms with Crippen LogP contribution in [0.15, 0.2) is 16.9 Å². The number of carbonyl (C=O) groups is 1. The van der Waals surface area contributed by atoms with E-state index in [1.54, 1.807) is 24.5 Å².